The van der Waals surface area contributed by atoms with E-state index in [2.05, 4.69) is 15.3 Å². The molecule has 1 atom stereocenters. The summed E-state index contributed by atoms with van der Waals surface area (Å²) in [4.78, 5) is 27.6. The number of hydrogen-bond donors (Lipinski definition) is 2. The zero-order chi connectivity index (χ0) is 25.6. The minimum Gasteiger partial charge on any atom is -0.493 e. The van der Waals surface area contributed by atoms with Crippen molar-refractivity contribution in [2.45, 2.75) is 32.9 Å². The number of carbonyl (C=O) groups excluding carboxylic acids is 1. The van der Waals surface area contributed by atoms with Crippen molar-refractivity contribution in [3.8, 4) is 16.9 Å². The number of nitrogens with zero attached hydrogens (tertiary/aromatic N) is 5. The van der Waals surface area contributed by atoms with Gasteiger partial charge in [-0.2, -0.15) is 0 Å². The number of halogens is 1. The normalized spacial score (nSPS) is 13.4. The summed E-state index contributed by atoms with van der Waals surface area (Å²) in [5.74, 6) is 0.782. The Bertz CT molecular complexity index is 1480. The Labute approximate surface area is 208 Å². The molecule has 0 saturated carbocycles. The summed E-state index contributed by atoms with van der Waals surface area (Å²) < 4.78 is 22.1. The Kier molecular flexibility index (Phi) is 6.05. The number of nitrogens with two attached hydrogens (primary N) is 1. The van der Waals surface area contributed by atoms with Gasteiger partial charge >= 0.3 is 0 Å². The van der Waals surface area contributed by atoms with E-state index in [0.29, 0.717) is 41.6 Å². The summed E-state index contributed by atoms with van der Waals surface area (Å²) in [7, 11) is 3.38. The number of aryl methyl sites for hydroxylation is 1. The van der Waals surface area contributed by atoms with Crippen LogP contribution in [0, 0.1) is 12.7 Å². The first-order valence-corrected chi connectivity index (χ1v) is 11.7. The number of nitrogens with one attached hydrogen (secondary N) is 1. The van der Waals surface area contributed by atoms with Gasteiger partial charge in [0.15, 0.2) is 0 Å². The summed E-state index contributed by atoms with van der Waals surface area (Å²) >= 11 is 0. The molecular formula is C26H28FN7O2. The van der Waals surface area contributed by atoms with Gasteiger partial charge in [-0.15, -0.1) is 0 Å². The van der Waals surface area contributed by atoms with Crippen LogP contribution in [0.4, 0.5) is 10.3 Å². The van der Waals surface area contributed by atoms with Crippen molar-refractivity contribution in [1.82, 2.24) is 24.3 Å². The molecule has 1 aromatic carbocycles. The number of rotatable bonds is 6. The predicted octanol–water partition coefficient (Wildman–Crippen LogP) is 3.51. The van der Waals surface area contributed by atoms with Crippen molar-refractivity contribution in [2.75, 3.05) is 26.0 Å². The number of anilines is 1. The van der Waals surface area contributed by atoms with Crippen molar-refractivity contribution in [2.24, 2.45) is 5.73 Å². The third-order valence-corrected chi connectivity index (χ3v) is 6.37. The summed E-state index contributed by atoms with van der Waals surface area (Å²) in [6.45, 7) is 4.57. The summed E-state index contributed by atoms with van der Waals surface area (Å²) in [5, 5.41) is 3.27. The number of fused-ring (bicyclic) bond motifs is 2. The van der Waals surface area contributed by atoms with Crippen LogP contribution in [0.1, 0.15) is 45.8 Å². The number of benzene rings is 1. The van der Waals surface area contributed by atoms with Gasteiger partial charge in [0.2, 0.25) is 5.95 Å². The SMILES string of the molecule is Cc1cc(C(=O)N(C)C)ncc1-c1cnc(NCc2c(F)ccc3c2CCO3)n2cc(C(C)N)nc12. The molecule has 1 aliphatic rings. The van der Waals surface area contributed by atoms with Crippen molar-refractivity contribution in [3.05, 3.63) is 70.7 Å². The minimum absolute atomic E-state index is 0.169. The standard InChI is InChI=1S/C26H28FN7O2/c1-14-9-21(25(35)33(3)4)29-10-17(14)19-12-31-26(34-13-22(15(2)28)32-24(19)34)30-11-18-16-7-8-36-23(16)6-5-20(18)27/h5-6,9-10,12-13,15H,7-8,11,28H2,1-4H3,(H,30,31). The second-order valence-corrected chi connectivity index (χ2v) is 9.18. The lowest BCUT2D eigenvalue weighted by molar-refractivity contribution is 0.0822. The lowest BCUT2D eigenvalue weighted by Gasteiger charge is -2.14. The van der Waals surface area contributed by atoms with Gasteiger partial charge in [-0.1, -0.05) is 0 Å². The Morgan fingerprint density at radius 3 is 2.78 bits per heavy atom. The molecule has 0 fully saturated rings. The Morgan fingerprint density at radius 1 is 1.28 bits per heavy atom. The van der Waals surface area contributed by atoms with Crippen LogP contribution < -0.4 is 15.8 Å². The molecule has 0 bridgehead atoms. The van der Waals surface area contributed by atoms with Gasteiger partial charge in [0.1, 0.15) is 22.9 Å². The van der Waals surface area contributed by atoms with Crippen LogP contribution in [0.15, 0.2) is 36.8 Å². The molecule has 36 heavy (non-hydrogen) atoms. The van der Waals surface area contributed by atoms with Crippen LogP contribution in [-0.2, 0) is 13.0 Å². The molecular weight excluding hydrogens is 461 g/mol. The van der Waals surface area contributed by atoms with Gasteiger partial charge in [-0.05, 0) is 37.6 Å². The minimum atomic E-state index is -0.295. The number of ether oxygens (including phenoxy) is 1. The number of aromatic nitrogens is 4. The largest absolute Gasteiger partial charge is 0.493 e. The number of carbonyl (C=O) groups is 1. The molecule has 1 unspecified atom stereocenters. The highest BCUT2D eigenvalue weighted by molar-refractivity contribution is 5.93. The third-order valence-electron chi connectivity index (χ3n) is 6.37. The second-order valence-electron chi connectivity index (χ2n) is 9.18. The van der Waals surface area contributed by atoms with Gasteiger partial charge in [0.25, 0.3) is 5.91 Å². The molecule has 5 rings (SSSR count). The summed E-state index contributed by atoms with van der Waals surface area (Å²) in [6.07, 6.45) is 5.88. The number of hydrogen-bond acceptors (Lipinski definition) is 7. The Morgan fingerprint density at radius 2 is 2.06 bits per heavy atom. The van der Waals surface area contributed by atoms with E-state index in [0.717, 1.165) is 28.0 Å². The first kappa shape index (κ1) is 23.7. The first-order chi connectivity index (χ1) is 17.2. The first-order valence-electron chi connectivity index (χ1n) is 11.7. The lowest BCUT2D eigenvalue weighted by Crippen LogP contribution is -2.22. The van der Waals surface area contributed by atoms with Gasteiger partial charge in [0, 0.05) is 73.9 Å². The fourth-order valence-electron chi connectivity index (χ4n) is 4.39. The van der Waals surface area contributed by atoms with E-state index in [-0.39, 0.29) is 24.3 Å². The highest BCUT2D eigenvalue weighted by Gasteiger charge is 2.21. The molecule has 1 aliphatic heterocycles. The van der Waals surface area contributed by atoms with E-state index in [9.17, 15) is 9.18 Å². The molecule has 4 aromatic rings. The second kappa shape index (κ2) is 9.19. The molecule has 4 heterocycles. The van der Waals surface area contributed by atoms with E-state index in [1.165, 1.54) is 11.0 Å². The quantitative estimate of drug-likeness (QED) is 0.426. The van der Waals surface area contributed by atoms with E-state index < -0.39 is 0 Å². The molecule has 0 saturated heterocycles. The van der Waals surface area contributed by atoms with Crippen molar-refractivity contribution in [3.63, 3.8) is 0 Å². The fraction of sp³-hybridized carbons (Fsp3) is 0.308. The van der Waals surface area contributed by atoms with Gasteiger partial charge in [-0.3, -0.25) is 14.2 Å². The molecule has 0 radical (unpaired) electrons. The molecule has 0 spiro atoms. The maximum absolute atomic E-state index is 14.7. The highest BCUT2D eigenvalue weighted by Crippen LogP contribution is 2.32. The third kappa shape index (κ3) is 4.13. The highest BCUT2D eigenvalue weighted by atomic mass is 19.1. The van der Waals surface area contributed by atoms with Crippen LogP contribution in [0.3, 0.4) is 0 Å². The average molecular weight is 490 g/mol. The number of amides is 1. The van der Waals surface area contributed by atoms with Crippen molar-refractivity contribution >= 4 is 17.5 Å². The Hall–Kier alpha value is -4.05. The molecule has 10 heteroatoms. The molecule has 0 aliphatic carbocycles. The number of pyridine rings is 1. The smallest absolute Gasteiger partial charge is 0.271 e. The van der Waals surface area contributed by atoms with Crippen molar-refractivity contribution in [1.29, 1.82) is 0 Å². The van der Waals surface area contributed by atoms with Crippen LogP contribution in [0.5, 0.6) is 5.75 Å². The zero-order valence-electron chi connectivity index (χ0n) is 20.7. The predicted molar refractivity (Wildman–Crippen MR) is 135 cm³/mol. The van der Waals surface area contributed by atoms with Gasteiger partial charge < -0.3 is 20.7 Å². The van der Waals surface area contributed by atoms with E-state index in [1.807, 2.05) is 24.4 Å². The molecule has 186 valence electrons. The van der Waals surface area contributed by atoms with E-state index >= 15 is 0 Å². The average Bonchev–Trinajstić information content (AvgIpc) is 3.51. The van der Waals surface area contributed by atoms with Crippen LogP contribution in [0.25, 0.3) is 16.8 Å². The van der Waals surface area contributed by atoms with Gasteiger partial charge in [0.05, 0.1) is 12.3 Å². The number of imidazole rings is 1. The van der Waals surface area contributed by atoms with Gasteiger partial charge in [-0.25, -0.2) is 14.4 Å². The summed E-state index contributed by atoms with van der Waals surface area (Å²) in [5.41, 5.74) is 11.7. The van der Waals surface area contributed by atoms with E-state index in [1.54, 1.807) is 38.6 Å². The molecule has 9 nitrogen and oxygen atoms in total. The zero-order valence-corrected chi connectivity index (χ0v) is 20.7. The summed E-state index contributed by atoms with van der Waals surface area (Å²) in [6, 6.07) is 4.57. The molecule has 1 amide bonds. The Balaban J connectivity index is 1.54. The molecule has 3 N–H and O–H groups in total. The maximum atomic E-state index is 14.7. The monoisotopic (exact) mass is 489 g/mol. The van der Waals surface area contributed by atoms with E-state index in [4.69, 9.17) is 15.5 Å². The lowest BCUT2D eigenvalue weighted by atomic mass is 10.0. The van der Waals surface area contributed by atoms with Crippen molar-refractivity contribution < 1.29 is 13.9 Å². The molecule has 3 aromatic heterocycles. The fourth-order valence-corrected chi connectivity index (χ4v) is 4.39. The van der Waals surface area contributed by atoms with Crippen LogP contribution in [0.2, 0.25) is 0 Å². The van der Waals surface area contributed by atoms with Crippen LogP contribution in [-0.4, -0.2) is 50.9 Å². The van der Waals surface area contributed by atoms with Crippen LogP contribution >= 0.6 is 0 Å². The maximum Gasteiger partial charge on any atom is 0.271 e. The topological polar surface area (TPSA) is 111 Å².